The van der Waals surface area contributed by atoms with Gasteiger partial charge < -0.3 is 14.3 Å². The Bertz CT molecular complexity index is 193. The first-order chi connectivity index (χ1) is 6.63. The van der Waals surface area contributed by atoms with Crippen LogP contribution in [0.15, 0.2) is 0 Å². The Labute approximate surface area is 82.4 Å². The van der Waals surface area contributed by atoms with E-state index in [-0.39, 0.29) is 25.2 Å². The molecule has 5 nitrogen and oxygen atoms in total. The molecular formula is C9H14O5. The van der Waals surface area contributed by atoms with Gasteiger partial charge in [0.2, 0.25) is 0 Å². The summed E-state index contributed by atoms with van der Waals surface area (Å²) < 4.78 is 8.87. The molecule has 0 spiro atoms. The van der Waals surface area contributed by atoms with E-state index in [0.717, 1.165) is 0 Å². The second-order valence-electron chi connectivity index (χ2n) is 2.83. The highest BCUT2D eigenvalue weighted by Gasteiger charge is 2.17. The van der Waals surface area contributed by atoms with Gasteiger partial charge in [0, 0.05) is 19.3 Å². The third-order valence-electron chi connectivity index (χ3n) is 1.80. The first kappa shape index (κ1) is 12.6. The predicted molar refractivity (Wildman–Crippen MR) is 47.4 cm³/mol. The van der Waals surface area contributed by atoms with Crippen LogP contribution in [-0.2, 0) is 23.9 Å². The largest absolute Gasteiger partial charge is 0.469 e. The van der Waals surface area contributed by atoms with E-state index >= 15 is 0 Å². The summed E-state index contributed by atoms with van der Waals surface area (Å²) in [7, 11) is 2.52. The SMILES string of the molecule is COC(=O)CC(CC=O)CC(=O)OC. The Morgan fingerprint density at radius 2 is 1.57 bits per heavy atom. The van der Waals surface area contributed by atoms with Gasteiger partial charge in [-0.2, -0.15) is 0 Å². The van der Waals surface area contributed by atoms with Gasteiger partial charge >= 0.3 is 11.9 Å². The zero-order valence-electron chi connectivity index (χ0n) is 8.32. The molecule has 0 unspecified atom stereocenters. The molecule has 5 heteroatoms. The van der Waals surface area contributed by atoms with Gasteiger partial charge in [-0.1, -0.05) is 0 Å². The second-order valence-corrected chi connectivity index (χ2v) is 2.83. The van der Waals surface area contributed by atoms with Crippen LogP contribution in [0, 0.1) is 5.92 Å². The Kier molecular flexibility index (Phi) is 6.36. The number of carbonyl (C=O) groups excluding carboxylic acids is 3. The van der Waals surface area contributed by atoms with Crippen molar-refractivity contribution < 1.29 is 23.9 Å². The maximum absolute atomic E-state index is 10.9. The molecule has 0 N–H and O–H groups in total. The van der Waals surface area contributed by atoms with Crippen LogP contribution in [0.2, 0.25) is 0 Å². The monoisotopic (exact) mass is 202 g/mol. The maximum atomic E-state index is 10.9. The number of carbonyl (C=O) groups is 3. The molecule has 0 aromatic rings. The average molecular weight is 202 g/mol. The lowest BCUT2D eigenvalue weighted by Crippen LogP contribution is -2.15. The molecule has 0 aliphatic rings. The van der Waals surface area contributed by atoms with E-state index in [1.165, 1.54) is 14.2 Å². The molecule has 80 valence electrons. The fourth-order valence-corrected chi connectivity index (χ4v) is 1.01. The molecule has 0 saturated carbocycles. The molecule has 14 heavy (non-hydrogen) atoms. The molecule has 0 fully saturated rings. The second kappa shape index (κ2) is 7.06. The van der Waals surface area contributed by atoms with Gasteiger partial charge in [0.05, 0.1) is 14.2 Å². The van der Waals surface area contributed by atoms with Crippen molar-refractivity contribution >= 4 is 18.2 Å². The minimum Gasteiger partial charge on any atom is -0.469 e. The molecule has 0 heterocycles. The van der Waals surface area contributed by atoms with E-state index in [0.29, 0.717) is 6.29 Å². The van der Waals surface area contributed by atoms with Crippen LogP contribution in [0.5, 0.6) is 0 Å². The molecule has 0 aromatic heterocycles. The highest BCUT2D eigenvalue weighted by molar-refractivity contribution is 5.73. The van der Waals surface area contributed by atoms with E-state index in [2.05, 4.69) is 9.47 Å². The summed E-state index contributed by atoms with van der Waals surface area (Å²) in [4.78, 5) is 32.0. The third-order valence-corrected chi connectivity index (χ3v) is 1.80. The van der Waals surface area contributed by atoms with Crippen molar-refractivity contribution in [1.82, 2.24) is 0 Å². The number of methoxy groups -OCH3 is 2. The molecule has 0 rings (SSSR count). The highest BCUT2D eigenvalue weighted by Crippen LogP contribution is 2.13. The van der Waals surface area contributed by atoms with Crippen LogP contribution >= 0.6 is 0 Å². The van der Waals surface area contributed by atoms with Gasteiger partial charge in [-0.05, 0) is 5.92 Å². The number of ether oxygens (including phenoxy) is 2. The van der Waals surface area contributed by atoms with Crippen molar-refractivity contribution in [3.05, 3.63) is 0 Å². The van der Waals surface area contributed by atoms with Crippen LogP contribution in [-0.4, -0.2) is 32.4 Å². The summed E-state index contributed by atoms with van der Waals surface area (Å²) in [5.74, 6) is -1.19. The van der Waals surface area contributed by atoms with Crippen molar-refractivity contribution in [2.75, 3.05) is 14.2 Å². The third kappa shape index (κ3) is 5.29. The summed E-state index contributed by atoms with van der Waals surface area (Å²) in [6.07, 6.45) is 0.954. The first-order valence-corrected chi connectivity index (χ1v) is 4.21. The minimum absolute atomic E-state index is 0.0599. The summed E-state index contributed by atoms with van der Waals surface area (Å²) in [5.41, 5.74) is 0. The van der Waals surface area contributed by atoms with Crippen LogP contribution < -0.4 is 0 Å². The summed E-state index contributed by atoms with van der Waals surface area (Å²) in [6.45, 7) is 0. The Hall–Kier alpha value is -1.39. The zero-order chi connectivity index (χ0) is 11.0. The van der Waals surface area contributed by atoms with Gasteiger partial charge in [0.15, 0.2) is 0 Å². The standard InChI is InChI=1S/C9H14O5/c1-13-8(11)5-7(3-4-10)6-9(12)14-2/h4,7H,3,5-6H2,1-2H3. The van der Waals surface area contributed by atoms with E-state index in [9.17, 15) is 14.4 Å². The molecule has 0 atom stereocenters. The van der Waals surface area contributed by atoms with Gasteiger partial charge in [-0.15, -0.1) is 0 Å². The molecule has 0 radical (unpaired) electrons. The fourth-order valence-electron chi connectivity index (χ4n) is 1.01. The van der Waals surface area contributed by atoms with Crippen molar-refractivity contribution in [3.8, 4) is 0 Å². The fraction of sp³-hybridized carbons (Fsp3) is 0.667. The lowest BCUT2D eigenvalue weighted by molar-refractivity contribution is -0.144. The van der Waals surface area contributed by atoms with Crippen LogP contribution in [0.4, 0.5) is 0 Å². The topological polar surface area (TPSA) is 69.7 Å². The number of hydrogen-bond donors (Lipinski definition) is 0. The van der Waals surface area contributed by atoms with Gasteiger partial charge in [0.25, 0.3) is 0 Å². The Morgan fingerprint density at radius 1 is 1.14 bits per heavy atom. The van der Waals surface area contributed by atoms with Gasteiger partial charge in [-0.25, -0.2) is 0 Å². The van der Waals surface area contributed by atoms with E-state index < -0.39 is 11.9 Å². The molecule has 0 aliphatic heterocycles. The summed E-state index contributed by atoms with van der Waals surface area (Å²) in [6, 6.07) is 0. The average Bonchev–Trinajstić information content (AvgIpc) is 2.17. The molecule has 0 amide bonds. The van der Waals surface area contributed by atoms with Crippen LogP contribution in [0.3, 0.4) is 0 Å². The molecule has 0 aromatic carbocycles. The highest BCUT2D eigenvalue weighted by atomic mass is 16.5. The quantitative estimate of drug-likeness (QED) is 0.458. The van der Waals surface area contributed by atoms with E-state index in [4.69, 9.17) is 0 Å². The lowest BCUT2D eigenvalue weighted by Gasteiger charge is -2.10. The van der Waals surface area contributed by atoms with Crippen molar-refractivity contribution in [1.29, 1.82) is 0 Å². The van der Waals surface area contributed by atoms with E-state index in [1.54, 1.807) is 0 Å². The van der Waals surface area contributed by atoms with Crippen LogP contribution in [0.25, 0.3) is 0 Å². The lowest BCUT2D eigenvalue weighted by atomic mass is 9.98. The zero-order valence-corrected chi connectivity index (χ0v) is 8.32. The number of hydrogen-bond acceptors (Lipinski definition) is 5. The van der Waals surface area contributed by atoms with Crippen molar-refractivity contribution in [2.24, 2.45) is 5.92 Å². The number of rotatable bonds is 6. The van der Waals surface area contributed by atoms with Crippen molar-refractivity contribution in [2.45, 2.75) is 19.3 Å². The molecule has 0 bridgehead atoms. The summed E-state index contributed by atoms with van der Waals surface area (Å²) in [5, 5.41) is 0. The molecular weight excluding hydrogens is 188 g/mol. The normalized spacial score (nSPS) is 9.64. The number of aldehydes is 1. The van der Waals surface area contributed by atoms with Gasteiger partial charge in [-0.3, -0.25) is 9.59 Å². The summed E-state index contributed by atoms with van der Waals surface area (Å²) >= 11 is 0. The predicted octanol–water partition coefficient (Wildman–Crippen LogP) is 0.318. The minimum atomic E-state index is -0.430. The Balaban J connectivity index is 4.07. The smallest absolute Gasteiger partial charge is 0.305 e. The van der Waals surface area contributed by atoms with Crippen molar-refractivity contribution in [3.63, 3.8) is 0 Å². The van der Waals surface area contributed by atoms with Gasteiger partial charge in [0.1, 0.15) is 6.29 Å². The first-order valence-electron chi connectivity index (χ1n) is 4.21. The number of esters is 2. The Morgan fingerprint density at radius 3 is 1.86 bits per heavy atom. The molecule has 0 saturated heterocycles. The van der Waals surface area contributed by atoms with E-state index in [1.807, 2.05) is 0 Å². The maximum Gasteiger partial charge on any atom is 0.305 e. The molecule has 0 aliphatic carbocycles. The van der Waals surface area contributed by atoms with Crippen LogP contribution in [0.1, 0.15) is 19.3 Å².